The first-order chi connectivity index (χ1) is 11.8. The molecule has 6 heteroatoms. The molecule has 0 bridgehead atoms. The largest absolute Gasteiger partial charge is 0.332 e. The van der Waals surface area contributed by atoms with E-state index in [9.17, 15) is 0 Å². The lowest BCUT2D eigenvalue weighted by Crippen LogP contribution is -2.17. The maximum absolute atomic E-state index is 4.61. The molecule has 0 radical (unpaired) electrons. The van der Waals surface area contributed by atoms with Crippen molar-refractivity contribution >= 4 is 26.6 Å². The number of thiazole rings is 1. The van der Waals surface area contributed by atoms with Gasteiger partial charge in [0.25, 0.3) is 5.65 Å². The van der Waals surface area contributed by atoms with Crippen LogP contribution >= 0.6 is 11.3 Å². The number of rotatable bonds is 1. The van der Waals surface area contributed by atoms with E-state index < -0.39 is 0 Å². The number of aromatic nitrogens is 5. The molecule has 5 nitrogen and oxygen atoms in total. The van der Waals surface area contributed by atoms with Crippen molar-refractivity contribution in [3.8, 4) is 11.3 Å². The van der Waals surface area contributed by atoms with E-state index in [1.165, 1.54) is 27.9 Å². The summed E-state index contributed by atoms with van der Waals surface area (Å²) in [7, 11) is 2.06. The van der Waals surface area contributed by atoms with E-state index >= 15 is 0 Å². The summed E-state index contributed by atoms with van der Waals surface area (Å²) in [5.74, 6) is 0. The van der Waals surface area contributed by atoms with Crippen LogP contribution in [-0.2, 0) is 12.5 Å². The van der Waals surface area contributed by atoms with Gasteiger partial charge in [0.05, 0.1) is 5.69 Å². The Labute approximate surface area is 151 Å². The summed E-state index contributed by atoms with van der Waals surface area (Å²) in [6.45, 7) is 11.2. The molecule has 3 aromatic heterocycles. The van der Waals surface area contributed by atoms with Crippen LogP contribution in [0.25, 0.3) is 26.6 Å². The van der Waals surface area contributed by atoms with Gasteiger partial charge >= 0.3 is 4.96 Å². The Morgan fingerprint density at radius 2 is 1.92 bits per heavy atom. The van der Waals surface area contributed by atoms with E-state index in [1.807, 2.05) is 10.7 Å². The fourth-order valence-corrected chi connectivity index (χ4v) is 4.27. The van der Waals surface area contributed by atoms with Crippen molar-refractivity contribution in [3.05, 3.63) is 41.5 Å². The molecule has 0 spiro atoms. The molecule has 0 aliphatic rings. The molecular weight excluding hydrogens is 330 g/mol. The highest BCUT2D eigenvalue weighted by Gasteiger charge is 2.23. The molecule has 0 fully saturated rings. The van der Waals surface area contributed by atoms with Gasteiger partial charge in [-0.15, -0.1) is 4.98 Å². The van der Waals surface area contributed by atoms with E-state index in [2.05, 4.69) is 73.5 Å². The molecule has 4 rings (SSSR count). The maximum Gasteiger partial charge on any atom is 0.332 e. The van der Waals surface area contributed by atoms with Crippen LogP contribution in [0.4, 0.5) is 0 Å². The molecule has 128 valence electrons. The monoisotopic (exact) mass is 352 g/mol. The molecule has 0 unspecified atom stereocenters. The van der Waals surface area contributed by atoms with E-state index in [0.717, 1.165) is 15.3 Å². The van der Waals surface area contributed by atoms with Gasteiger partial charge in [-0.2, -0.15) is 4.40 Å². The van der Waals surface area contributed by atoms with Crippen molar-refractivity contribution in [3.63, 3.8) is 0 Å². The normalized spacial score (nSPS) is 12.4. The fraction of sp³-hybridized carbons (Fsp3) is 0.368. The third-order valence-electron chi connectivity index (χ3n) is 4.85. The lowest BCUT2D eigenvalue weighted by Gasteiger charge is -2.23. The summed E-state index contributed by atoms with van der Waals surface area (Å²) in [6, 6.07) is 4.64. The lowest BCUT2D eigenvalue weighted by molar-refractivity contribution is -0.480. The predicted molar refractivity (Wildman–Crippen MR) is 101 cm³/mol. The molecule has 1 aromatic carbocycles. The van der Waals surface area contributed by atoms with Crippen LogP contribution in [0.1, 0.15) is 37.5 Å². The second-order valence-electron chi connectivity index (χ2n) is 7.66. The lowest BCUT2D eigenvalue weighted by atomic mass is 9.83. The highest BCUT2D eigenvalue weighted by atomic mass is 32.1. The molecule has 0 aliphatic carbocycles. The number of benzene rings is 1. The number of aryl methyl sites for hydroxylation is 2. The number of hydrogen-bond donors (Lipinski definition) is 0. The van der Waals surface area contributed by atoms with Crippen molar-refractivity contribution in [1.82, 2.24) is 19.7 Å². The Hall–Kier alpha value is -2.34. The smallest absolute Gasteiger partial charge is 0.323 e. The van der Waals surface area contributed by atoms with Crippen LogP contribution in [-0.4, -0.2) is 19.7 Å². The second kappa shape index (κ2) is 5.33. The van der Waals surface area contributed by atoms with Crippen LogP contribution in [0.2, 0.25) is 0 Å². The zero-order chi connectivity index (χ0) is 17.9. The Bertz CT molecular complexity index is 1110. The summed E-state index contributed by atoms with van der Waals surface area (Å²) < 4.78 is 5.21. The minimum atomic E-state index is 0.103. The van der Waals surface area contributed by atoms with Gasteiger partial charge in [-0.05, 0) is 42.0 Å². The number of fused-ring (bicyclic) bond motifs is 3. The van der Waals surface area contributed by atoms with Crippen LogP contribution in [0.5, 0.6) is 0 Å². The highest BCUT2D eigenvalue weighted by molar-refractivity contribution is 7.23. The van der Waals surface area contributed by atoms with Gasteiger partial charge in [0.1, 0.15) is 4.70 Å². The first kappa shape index (κ1) is 16.1. The molecule has 0 saturated carbocycles. The fourth-order valence-electron chi connectivity index (χ4n) is 3.17. The third-order valence-corrected chi connectivity index (χ3v) is 5.89. The molecule has 0 atom stereocenters. The SMILES string of the molecule is Cc1cc(C(C)(C)C)cc(-c2c3sc4nnc[n+]4c3ncn2C)c1C. The molecule has 3 heterocycles. The Morgan fingerprint density at radius 3 is 2.64 bits per heavy atom. The Kier molecular flexibility index (Phi) is 3.44. The summed E-state index contributed by atoms with van der Waals surface area (Å²) in [5, 5.41) is 8.19. The number of hydrogen-bond acceptors (Lipinski definition) is 4. The Morgan fingerprint density at radius 1 is 1.16 bits per heavy atom. The van der Waals surface area contributed by atoms with Crippen molar-refractivity contribution < 1.29 is 4.40 Å². The molecule has 0 saturated heterocycles. The first-order valence-corrected chi connectivity index (χ1v) is 9.18. The molecule has 0 amide bonds. The minimum absolute atomic E-state index is 0.103. The summed E-state index contributed by atoms with van der Waals surface area (Å²) in [4.78, 5) is 5.48. The van der Waals surface area contributed by atoms with Gasteiger partial charge < -0.3 is 4.57 Å². The topological polar surface area (TPSA) is 47.7 Å². The van der Waals surface area contributed by atoms with Crippen molar-refractivity contribution in [2.45, 2.75) is 40.0 Å². The summed E-state index contributed by atoms with van der Waals surface area (Å²) >= 11 is 1.64. The molecule has 0 aliphatic heterocycles. The maximum atomic E-state index is 4.61. The van der Waals surface area contributed by atoms with E-state index in [0.29, 0.717) is 0 Å². The van der Waals surface area contributed by atoms with Gasteiger partial charge in [0.15, 0.2) is 6.33 Å². The van der Waals surface area contributed by atoms with Crippen LogP contribution in [0.3, 0.4) is 0 Å². The quantitative estimate of drug-likeness (QED) is 0.490. The zero-order valence-corrected chi connectivity index (χ0v) is 16.3. The standard InChI is InChI=1S/C19H22N5S/c1-11-7-13(19(3,4)5)8-14(12(11)2)15-16-17(20-9-23(15)6)24-10-21-22-18(24)25-16/h7-10H,1-6H3/q+1. The van der Waals surface area contributed by atoms with E-state index in [1.54, 1.807) is 17.7 Å². The first-order valence-electron chi connectivity index (χ1n) is 8.36. The van der Waals surface area contributed by atoms with Crippen LogP contribution in [0.15, 0.2) is 24.8 Å². The van der Waals surface area contributed by atoms with E-state index in [-0.39, 0.29) is 5.41 Å². The van der Waals surface area contributed by atoms with Gasteiger partial charge in [0, 0.05) is 22.8 Å². The van der Waals surface area contributed by atoms with Gasteiger partial charge in [0.2, 0.25) is 6.33 Å². The second-order valence-corrected chi connectivity index (χ2v) is 8.64. The summed E-state index contributed by atoms with van der Waals surface area (Å²) in [6.07, 6.45) is 3.61. The van der Waals surface area contributed by atoms with Gasteiger partial charge in [-0.1, -0.05) is 38.2 Å². The van der Waals surface area contributed by atoms with Gasteiger partial charge in [-0.3, -0.25) is 0 Å². The summed E-state index contributed by atoms with van der Waals surface area (Å²) in [5.41, 5.74) is 7.43. The van der Waals surface area contributed by atoms with Crippen molar-refractivity contribution in [2.75, 3.05) is 0 Å². The molecule has 4 aromatic rings. The molecule has 0 N–H and O–H groups in total. The van der Waals surface area contributed by atoms with Crippen LogP contribution in [0, 0.1) is 13.8 Å². The molecular formula is C19H22N5S+. The number of nitrogens with zero attached hydrogens (tertiary/aromatic N) is 5. The minimum Gasteiger partial charge on any atom is -0.323 e. The zero-order valence-electron chi connectivity index (χ0n) is 15.5. The van der Waals surface area contributed by atoms with E-state index in [4.69, 9.17) is 0 Å². The third kappa shape index (κ3) is 2.43. The Balaban J connectivity index is 2.11. The average molecular weight is 352 g/mol. The van der Waals surface area contributed by atoms with Crippen molar-refractivity contribution in [2.24, 2.45) is 7.05 Å². The highest BCUT2D eigenvalue weighted by Crippen LogP contribution is 2.36. The van der Waals surface area contributed by atoms with Crippen molar-refractivity contribution in [1.29, 1.82) is 0 Å². The molecule has 25 heavy (non-hydrogen) atoms. The average Bonchev–Trinajstić information content (AvgIpc) is 3.10. The predicted octanol–water partition coefficient (Wildman–Crippen LogP) is 3.74. The van der Waals surface area contributed by atoms with Crippen LogP contribution < -0.4 is 4.40 Å². The van der Waals surface area contributed by atoms with Gasteiger partial charge in [-0.25, -0.2) is 0 Å².